The Morgan fingerprint density at radius 1 is 1.00 bits per heavy atom. The van der Waals surface area contributed by atoms with Gasteiger partial charge in [-0.1, -0.05) is 0 Å². The summed E-state index contributed by atoms with van der Waals surface area (Å²) in [5.74, 6) is 0. The van der Waals surface area contributed by atoms with Crippen LogP contribution in [0.15, 0.2) is 0 Å². The van der Waals surface area contributed by atoms with Gasteiger partial charge in [-0.2, -0.15) is 0 Å². The molecule has 0 saturated heterocycles. The molecule has 0 bridgehead atoms. The van der Waals surface area contributed by atoms with Crippen LogP contribution in [0.3, 0.4) is 0 Å². The topological polar surface area (TPSA) is 80.9 Å². The van der Waals surface area contributed by atoms with E-state index in [4.69, 9.17) is 19.2 Å². The van der Waals surface area contributed by atoms with E-state index in [0.29, 0.717) is 0 Å². The average molecular weight is 178 g/mol. The van der Waals surface area contributed by atoms with Gasteiger partial charge < -0.3 is 22.0 Å². The van der Waals surface area contributed by atoms with Crippen LogP contribution in [0.25, 0.3) is 0 Å². The van der Waals surface area contributed by atoms with Gasteiger partial charge in [0.15, 0.2) is 0 Å². The van der Waals surface area contributed by atoms with Crippen molar-refractivity contribution in [2.75, 3.05) is 0 Å². The Morgan fingerprint density at radius 3 is 1.00 bits per heavy atom. The minimum Gasteiger partial charge on any atom is -1.00 e. The molecule has 0 radical (unpaired) electrons. The SMILES string of the molecule is O[Si](O)(O)O.[Fe].[H-].[H-].[Mg+2]. The van der Waals surface area contributed by atoms with E-state index in [1.807, 2.05) is 0 Å². The van der Waals surface area contributed by atoms with Crippen LogP contribution in [0.2, 0.25) is 0 Å². The van der Waals surface area contributed by atoms with Crippen LogP contribution in [-0.2, 0) is 17.1 Å². The largest absolute Gasteiger partial charge is 2.00 e. The first-order valence-electron chi connectivity index (χ1n) is 0.894. The molecule has 0 spiro atoms. The second-order valence-electron chi connectivity index (χ2n) is 0.600. The van der Waals surface area contributed by atoms with Crippen molar-refractivity contribution in [2.24, 2.45) is 0 Å². The van der Waals surface area contributed by atoms with E-state index in [0.717, 1.165) is 0 Å². The van der Waals surface area contributed by atoms with E-state index >= 15 is 0 Å². The normalized spacial score (nSPS) is 8.57. The van der Waals surface area contributed by atoms with E-state index < -0.39 is 9.05 Å². The monoisotopic (exact) mass is 178 g/mol. The van der Waals surface area contributed by atoms with Crippen molar-refractivity contribution in [1.82, 2.24) is 0 Å². The van der Waals surface area contributed by atoms with Gasteiger partial charge >= 0.3 is 32.1 Å². The van der Waals surface area contributed by atoms with E-state index in [1.165, 1.54) is 0 Å². The molecule has 0 saturated carbocycles. The fraction of sp³-hybridized carbons (Fsp3) is 0. The molecule has 0 aromatic heterocycles. The smallest absolute Gasteiger partial charge is 1.00 e. The maximum atomic E-state index is 7.33. The van der Waals surface area contributed by atoms with Crippen LogP contribution < -0.4 is 0 Å². The molecule has 0 aliphatic rings. The predicted octanol–water partition coefficient (Wildman–Crippen LogP) is -2.77. The summed E-state index contributed by atoms with van der Waals surface area (Å²) in [7, 11) is -4.61. The van der Waals surface area contributed by atoms with Crippen LogP contribution in [0.1, 0.15) is 2.85 Å². The summed E-state index contributed by atoms with van der Waals surface area (Å²) in [5.41, 5.74) is 0. The van der Waals surface area contributed by atoms with Gasteiger partial charge in [-0.15, -0.1) is 0 Å². The minimum absolute atomic E-state index is 0. The molecule has 0 rings (SSSR count). The Balaban J connectivity index is -0.0000000133. The van der Waals surface area contributed by atoms with Crippen molar-refractivity contribution in [3.63, 3.8) is 0 Å². The van der Waals surface area contributed by atoms with Crippen LogP contribution in [-0.4, -0.2) is 51.3 Å². The molecule has 0 unspecified atom stereocenters. The maximum Gasteiger partial charge on any atom is 2.00 e. The first-order valence-corrected chi connectivity index (χ1v) is 2.68. The van der Waals surface area contributed by atoms with Crippen molar-refractivity contribution in [2.45, 2.75) is 0 Å². The van der Waals surface area contributed by atoms with Gasteiger partial charge in [0.05, 0.1) is 0 Å². The third-order valence-corrected chi connectivity index (χ3v) is 0. The molecule has 0 fully saturated rings. The van der Waals surface area contributed by atoms with Gasteiger partial charge in [-0.25, -0.2) is 0 Å². The van der Waals surface area contributed by atoms with Gasteiger partial charge in [0.1, 0.15) is 0 Å². The van der Waals surface area contributed by atoms with E-state index in [2.05, 4.69) is 0 Å². The Labute approximate surface area is 71.3 Å². The molecule has 7 heavy (non-hydrogen) atoms. The molecule has 0 amide bonds. The van der Waals surface area contributed by atoms with Gasteiger partial charge in [0, 0.05) is 17.1 Å². The van der Waals surface area contributed by atoms with Crippen molar-refractivity contribution in [3.8, 4) is 0 Å². The quantitative estimate of drug-likeness (QED) is 0.303. The number of hydrogen-bond acceptors (Lipinski definition) is 4. The molecule has 0 aliphatic carbocycles. The number of rotatable bonds is 0. The Hall–Kier alpha value is 1.34. The van der Waals surface area contributed by atoms with Crippen molar-refractivity contribution in [1.29, 1.82) is 0 Å². The number of hydrogen-bond donors (Lipinski definition) is 4. The first-order chi connectivity index (χ1) is 2.00. The second-order valence-corrected chi connectivity index (χ2v) is 1.80. The molecule has 0 aromatic carbocycles. The van der Waals surface area contributed by atoms with Crippen LogP contribution in [0.4, 0.5) is 0 Å². The third-order valence-electron chi connectivity index (χ3n) is 0. The van der Waals surface area contributed by atoms with Crippen molar-refractivity contribution in [3.05, 3.63) is 0 Å². The molecule has 0 aliphatic heterocycles. The summed E-state index contributed by atoms with van der Waals surface area (Å²) < 4.78 is 0. The molecule has 0 aromatic rings. The summed E-state index contributed by atoms with van der Waals surface area (Å²) in [4.78, 5) is 29.3. The zero-order chi connectivity index (χ0) is 4.50. The molecular weight excluding hydrogens is 172 g/mol. The Morgan fingerprint density at radius 2 is 1.00 bits per heavy atom. The van der Waals surface area contributed by atoms with Gasteiger partial charge in [0.25, 0.3) is 0 Å². The van der Waals surface area contributed by atoms with Crippen LogP contribution in [0.5, 0.6) is 0 Å². The average Bonchev–Trinajstić information content (AvgIpc) is 0.722. The summed E-state index contributed by atoms with van der Waals surface area (Å²) in [6.45, 7) is 0. The Bertz CT molecular complexity index is 34.0. The summed E-state index contributed by atoms with van der Waals surface area (Å²) >= 11 is 0. The molecule has 4 N–H and O–H groups in total. The van der Waals surface area contributed by atoms with Gasteiger partial charge in [-0.3, -0.25) is 0 Å². The summed E-state index contributed by atoms with van der Waals surface area (Å²) in [6.07, 6.45) is 0. The third kappa shape index (κ3) is 116. The van der Waals surface area contributed by atoms with Gasteiger partial charge in [-0.05, 0) is 0 Å². The van der Waals surface area contributed by atoms with E-state index in [9.17, 15) is 0 Å². The van der Waals surface area contributed by atoms with Gasteiger partial charge in [0.2, 0.25) is 0 Å². The standard InChI is InChI=1S/Fe.Mg.H4O4Si.2H/c;;1-5(2,3)4;;/h;;1-4H;;/q;+2;;2*-1. The van der Waals surface area contributed by atoms with Crippen molar-refractivity contribution >= 4 is 32.1 Å². The zero-order valence-corrected chi connectivity index (χ0v) is 6.87. The maximum absolute atomic E-state index is 7.33. The first kappa shape index (κ1) is 15.8. The minimum atomic E-state index is -4.61. The zero-order valence-electron chi connectivity index (χ0n) is 5.35. The predicted molar refractivity (Wildman–Crippen MR) is 22.6 cm³/mol. The fourth-order valence-electron chi connectivity index (χ4n) is 0. The van der Waals surface area contributed by atoms with E-state index in [-0.39, 0.29) is 43.0 Å². The van der Waals surface area contributed by atoms with E-state index in [1.54, 1.807) is 0 Å². The van der Waals surface area contributed by atoms with Crippen LogP contribution >= 0.6 is 0 Å². The fourth-order valence-corrected chi connectivity index (χ4v) is 0. The summed E-state index contributed by atoms with van der Waals surface area (Å²) in [6, 6.07) is 0. The van der Waals surface area contributed by atoms with Crippen LogP contribution in [0, 0.1) is 0 Å². The molecule has 7 heteroatoms. The molecule has 0 atom stereocenters. The second kappa shape index (κ2) is 5.48. The molecule has 0 heterocycles. The molecule has 4 nitrogen and oxygen atoms in total. The van der Waals surface area contributed by atoms with Crippen molar-refractivity contribution < 1.29 is 39.1 Å². The molecular formula is H6FeMgO4Si. The Kier molecular flexibility index (Phi) is 12.3. The molecule has 44 valence electrons. The summed E-state index contributed by atoms with van der Waals surface area (Å²) in [5, 5.41) is 0.